The summed E-state index contributed by atoms with van der Waals surface area (Å²) in [4.78, 5) is 0. The van der Waals surface area contributed by atoms with Gasteiger partial charge >= 0.3 is 10.3 Å². The molecule has 0 spiro atoms. The van der Waals surface area contributed by atoms with Crippen LogP contribution in [0.3, 0.4) is 0 Å². The van der Waals surface area contributed by atoms with Crippen molar-refractivity contribution in [2.24, 2.45) is 5.92 Å². The highest BCUT2D eigenvalue weighted by Crippen LogP contribution is 2.26. The van der Waals surface area contributed by atoms with E-state index in [-0.39, 0.29) is 18.6 Å². The SMILES string of the molecule is C[C@@H]1COS(=O)(=O)N[C@H]1c1ccccc1. The molecule has 4 nitrogen and oxygen atoms in total. The van der Waals surface area contributed by atoms with Crippen LogP contribution in [0.25, 0.3) is 0 Å². The lowest BCUT2D eigenvalue weighted by Crippen LogP contribution is -2.41. The van der Waals surface area contributed by atoms with Gasteiger partial charge in [-0.05, 0) is 5.56 Å². The third-order valence-corrected chi connectivity index (χ3v) is 3.47. The van der Waals surface area contributed by atoms with Crippen LogP contribution in [0, 0.1) is 5.92 Å². The van der Waals surface area contributed by atoms with Gasteiger partial charge in [-0.2, -0.15) is 13.1 Å². The molecule has 0 amide bonds. The molecule has 0 bridgehead atoms. The maximum atomic E-state index is 11.2. The van der Waals surface area contributed by atoms with Crippen LogP contribution >= 0.6 is 0 Å². The summed E-state index contributed by atoms with van der Waals surface area (Å²) in [6, 6.07) is 9.33. The summed E-state index contributed by atoms with van der Waals surface area (Å²) in [7, 11) is -3.56. The third-order valence-electron chi connectivity index (χ3n) is 2.49. The van der Waals surface area contributed by atoms with E-state index in [1.54, 1.807) is 0 Å². The van der Waals surface area contributed by atoms with Gasteiger partial charge in [0.1, 0.15) is 0 Å². The molecular weight excluding hydrogens is 214 g/mol. The van der Waals surface area contributed by atoms with Crippen LogP contribution in [0.15, 0.2) is 30.3 Å². The van der Waals surface area contributed by atoms with Crippen LogP contribution in [-0.4, -0.2) is 15.0 Å². The van der Waals surface area contributed by atoms with E-state index in [1.165, 1.54) is 0 Å². The highest BCUT2D eigenvalue weighted by Gasteiger charge is 2.31. The Labute approximate surface area is 89.5 Å². The van der Waals surface area contributed by atoms with E-state index in [0.717, 1.165) is 5.56 Å². The van der Waals surface area contributed by atoms with E-state index in [0.29, 0.717) is 0 Å². The fraction of sp³-hybridized carbons (Fsp3) is 0.400. The van der Waals surface area contributed by atoms with Gasteiger partial charge in [-0.1, -0.05) is 37.3 Å². The number of benzene rings is 1. The predicted octanol–water partition coefficient (Wildman–Crippen LogP) is 1.23. The largest absolute Gasteiger partial charge is 0.336 e. The van der Waals surface area contributed by atoms with Crippen LogP contribution in [0.1, 0.15) is 18.5 Å². The summed E-state index contributed by atoms with van der Waals surface area (Å²) in [6.45, 7) is 2.19. The average molecular weight is 227 g/mol. The van der Waals surface area contributed by atoms with Gasteiger partial charge in [-0.3, -0.25) is 4.18 Å². The molecule has 0 saturated carbocycles. The molecule has 0 aromatic heterocycles. The number of rotatable bonds is 1. The van der Waals surface area contributed by atoms with Crippen LogP contribution in [0.5, 0.6) is 0 Å². The molecule has 0 aliphatic carbocycles. The van der Waals surface area contributed by atoms with Gasteiger partial charge in [0, 0.05) is 5.92 Å². The van der Waals surface area contributed by atoms with Crippen molar-refractivity contribution in [2.45, 2.75) is 13.0 Å². The minimum Gasteiger partial charge on any atom is -0.258 e. The molecule has 82 valence electrons. The first-order valence-corrected chi connectivity index (χ1v) is 6.21. The topological polar surface area (TPSA) is 55.4 Å². The Bertz CT molecular complexity index is 429. The normalized spacial score (nSPS) is 29.9. The average Bonchev–Trinajstić information content (AvgIpc) is 2.23. The van der Waals surface area contributed by atoms with Crippen molar-refractivity contribution in [1.29, 1.82) is 0 Å². The van der Waals surface area contributed by atoms with E-state index in [9.17, 15) is 8.42 Å². The Hall–Kier alpha value is -0.910. The van der Waals surface area contributed by atoms with E-state index >= 15 is 0 Å². The first-order valence-electron chi connectivity index (χ1n) is 4.80. The lowest BCUT2D eigenvalue weighted by molar-refractivity contribution is 0.197. The summed E-state index contributed by atoms with van der Waals surface area (Å²) >= 11 is 0. The minimum absolute atomic E-state index is 0.135. The molecule has 1 aromatic carbocycles. The third kappa shape index (κ3) is 2.37. The molecule has 1 aromatic rings. The van der Waals surface area contributed by atoms with Crippen LogP contribution in [-0.2, 0) is 14.5 Å². The minimum atomic E-state index is -3.56. The molecule has 15 heavy (non-hydrogen) atoms. The molecule has 0 radical (unpaired) electrons. The van der Waals surface area contributed by atoms with Gasteiger partial charge in [-0.25, -0.2) is 0 Å². The van der Waals surface area contributed by atoms with Crippen molar-refractivity contribution >= 4 is 10.3 Å². The second-order valence-corrected chi connectivity index (χ2v) is 5.10. The Balaban J connectivity index is 2.28. The highest BCUT2D eigenvalue weighted by molar-refractivity contribution is 7.84. The van der Waals surface area contributed by atoms with E-state index in [1.807, 2.05) is 37.3 Å². The Kier molecular flexibility index (Phi) is 2.77. The zero-order valence-electron chi connectivity index (χ0n) is 8.38. The summed E-state index contributed by atoms with van der Waals surface area (Å²) in [6.07, 6.45) is 0. The smallest absolute Gasteiger partial charge is 0.258 e. The second-order valence-electron chi connectivity index (χ2n) is 3.72. The Morgan fingerprint density at radius 1 is 1.33 bits per heavy atom. The molecule has 2 atom stereocenters. The molecule has 1 fully saturated rings. The van der Waals surface area contributed by atoms with E-state index < -0.39 is 10.3 Å². The molecular formula is C10H13NO3S. The number of nitrogens with one attached hydrogen (secondary N) is 1. The molecule has 1 saturated heterocycles. The first kappa shape index (κ1) is 10.6. The molecule has 5 heteroatoms. The predicted molar refractivity (Wildman–Crippen MR) is 56.4 cm³/mol. The van der Waals surface area contributed by atoms with Crippen molar-refractivity contribution in [2.75, 3.05) is 6.61 Å². The molecule has 2 rings (SSSR count). The zero-order valence-corrected chi connectivity index (χ0v) is 9.20. The van der Waals surface area contributed by atoms with Crippen molar-refractivity contribution < 1.29 is 12.6 Å². The molecule has 1 heterocycles. The molecule has 1 aliphatic heterocycles. The van der Waals surface area contributed by atoms with Gasteiger partial charge in [0.25, 0.3) is 0 Å². The summed E-state index contributed by atoms with van der Waals surface area (Å²) in [5.41, 5.74) is 0.969. The number of hydrogen-bond donors (Lipinski definition) is 1. The van der Waals surface area contributed by atoms with Gasteiger partial charge < -0.3 is 0 Å². The van der Waals surface area contributed by atoms with Crippen molar-refractivity contribution in [3.8, 4) is 0 Å². The van der Waals surface area contributed by atoms with Crippen LogP contribution in [0.4, 0.5) is 0 Å². The maximum Gasteiger partial charge on any atom is 0.336 e. The van der Waals surface area contributed by atoms with Gasteiger partial charge in [0.2, 0.25) is 0 Å². The second kappa shape index (κ2) is 3.92. The zero-order chi connectivity index (χ0) is 10.9. The van der Waals surface area contributed by atoms with E-state index in [2.05, 4.69) is 4.72 Å². The van der Waals surface area contributed by atoms with Crippen LogP contribution in [0.2, 0.25) is 0 Å². The summed E-state index contributed by atoms with van der Waals surface area (Å²) in [5.74, 6) is 0.135. The lowest BCUT2D eigenvalue weighted by atomic mass is 9.96. The molecule has 1 N–H and O–H groups in total. The molecule has 1 aliphatic rings. The van der Waals surface area contributed by atoms with Gasteiger partial charge in [-0.15, -0.1) is 0 Å². The van der Waals surface area contributed by atoms with Gasteiger partial charge in [0.05, 0.1) is 12.6 Å². The Morgan fingerprint density at radius 2 is 2.00 bits per heavy atom. The van der Waals surface area contributed by atoms with Gasteiger partial charge in [0.15, 0.2) is 0 Å². The first-order chi connectivity index (χ1) is 7.08. The molecule has 0 unspecified atom stereocenters. The van der Waals surface area contributed by atoms with Crippen molar-refractivity contribution in [3.63, 3.8) is 0 Å². The maximum absolute atomic E-state index is 11.2. The monoisotopic (exact) mass is 227 g/mol. The van der Waals surface area contributed by atoms with Crippen molar-refractivity contribution in [3.05, 3.63) is 35.9 Å². The summed E-state index contributed by atoms with van der Waals surface area (Å²) < 4.78 is 29.7. The van der Waals surface area contributed by atoms with Crippen LogP contribution < -0.4 is 4.72 Å². The Morgan fingerprint density at radius 3 is 2.67 bits per heavy atom. The number of hydrogen-bond acceptors (Lipinski definition) is 3. The summed E-state index contributed by atoms with van der Waals surface area (Å²) in [5, 5.41) is 0. The standard InChI is InChI=1S/C10H13NO3S/c1-8-7-14-15(12,13)11-10(8)9-5-3-2-4-6-9/h2-6,8,10-11H,7H2,1H3/t8-,10-/m1/s1. The van der Waals surface area contributed by atoms with E-state index in [4.69, 9.17) is 4.18 Å². The fourth-order valence-electron chi connectivity index (χ4n) is 1.66. The lowest BCUT2D eigenvalue weighted by Gasteiger charge is -2.29. The quantitative estimate of drug-likeness (QED) is 0.785. The fourth-order valence-corrected chi connectivity index (χ4v) is 2.80. The van der Waals surface area contributed by atoms with Crippen molar-refractivity contribution in [1.82, 2.24) is 4.72 Å². The highest BCUT2D eigenvalue weighted by atomic mass is 32.2.